The molecule has 94 valence electrons. The number of nitrogens with one attached hydrogen (secondary N) is 1. The van der Waals surface area contributed by atoms with Gasteiger partial charge in [0.2, 0.25) is 0 Å². The Labute approximate surface area is 106 Å². The fourth-order valence-electron chi connectivity index (χ4n) is 2.04. The molecule has 1 N–H and O–H groups in total. The van der Waals surface area contributed by atoms with Crippen molar-refractivity contribution in [2.45, 2.75) is 19.4 Å². The molecule has 1 aromatic rings. The van der Waals surface area contributed by atoms with Crippen LogP contribution in [-0.4, -0.2) is 19.7 Å². The van der Waals surface area contributed by atoms with Crippen LogP contribution in [0, 0.1) is 11.7 Å². The Hall–Kier alpha value is -0.640. The first-order chi connectivity index (χ1) is 8.25. The average molecular weight is 258 g/mol. The smallest absolute Gasteiger partial charge is 0.124 e. The van der Waals surface area contributed by atoms with Crippen LogP contribution in [-0.2, 0) is 11.3 Å². The lowest BCUT2D eigenvalue weighted by atomic mass is 10.0. The first-order valence-electron chi connectivity index (χ1n) is 5.98. The molecule has 0 aromatic heterocycles. The van der Waals surface area contributed by atoms with Crippen molar-refractivity contribution in [2.75, 3.05) is 19.7 Å². The van der Waals surface area contributed by atoms with Crippen LogP contribution in [0.15, 0.2) is 18.2 Å². The van der Waals surface area contributed by atoms with Crippen LogP contribution < -0.4 is 5.32 Å². The number of hydrogen-bond donors (Lipinski definition) is 1. The third-order valence-electron chi connectivity index (χ3n) is 3.03. The van der Waals surface area contributed by atoms with Gasteiger partial charge in [-0.25, -0.2) is 4.39 Å². The standard InChI is InChI=1S/C13H17ClFNO/c14-13-6-12(15)4-3-11(13)9-17-8-10-2-1-5-16-7-10/h3-4,6,10,16H,1-2,5,7-9H2. The second-order valence-electron chi connectivity index (χ2n) is 4.46. The van der Waals surface area contributed by atoms with Crippen molar-refractivity contribution in [3.63, 3.8) is 0 Å². The molecular formula is C13H17ClFNO. The van der Waals surface area contributed by atoms with E-state index < -0.39 is 0 Å². The maximum atomic E-state index is 12.8. The van der Waals surface area contributed by atoms with E-state index in [-0.39, 0.29) is 5.82 Å². The minimum absolute atomic E-state index is 0.310. The summed E-state index contributed by atoms with van der Waals surface area (Å²) >= 11 is 5.92. The van der Waals surface area contributed by atoms with Crippen LogP contribution in [0.2, 0.25) is 5.02 Å². The van der Waals surface area contributed by atoms with Crippen LogP contribution in [0.5, 0.6) is 0 Å². The van der Waals surface area contributed by atoms with E-state index in [4.69, 9.17) is 16.3 Å². The topological polar surface area (TPSA) is 21.3 Å². The summed E-state index contributed by atoms with van der Waals surface area (Å²) in [6.07, 6.45) is 2.43. The second kappa shape index (κ2) is 6.34. The summed E-state index contributed by atoms with van der Waals surface area (Å²) < 4.78 is 18.5. The molecule has 0 amide bonds. The SMILES string of the molecule is Fc1ccc(COCC2CCCNC2)c(Cl)c1. The summed E-state index contributed by atoms with van der Waals surface area (Å²) in [6, 6.07) is 4.41. The molecule has 1 aliphatic rings. The molecule has 0 saturated carbocycles. The fraction of sp³-hybridized carbons (Fsp3) is 0.538. The van der Waals surface area contributed by atoms with Crippen LogP contribution in [0.25, 0.3) is 0 Å². The van der Waals surface area contributed by atoms with Crippen LogP contribution in [0.4, 0.5) is 4.39 Å². The molecule has 1 aliphatic heterocycles. The van der Waals surface area contributed by atoms with Gasteiger partial charge < -0.3 is 10.1 Å². The van der Waals surface area contributed by atoms with Crippen molar-refractivity contribution in [3.05, 3.63) is 34.6 Å². The Balaban J connectivity index is 1.77. The van der Waals surface area contributed by atoms with E-state index >= 15 is 0 Å². The van der Waals surface area contributed by atoms with Crippen LogP contribution in [0.1, 0.15) is 18.4 Å². The van der Waals surface area contributed by atoms with E-state index in [1.807, 2.05) is 0 Å². The lowest BCUT2D eigenvalue weighted by Gasteiger charge is -2.22. The summed E-state index contributed by atoms with van der Waals surface area (Å²) in [7, 11) is 0. The molecule has 0 aliphatic carbocycles. The van der Waals surface area contributed by atoms with E-state index in [1.165, 1.54) is 25.0 Å². The summed E-state index contributed by atoms with van der Waals surface area (Å²) in [5.74, 6) is 0.276. The minimum atomic E-state index is -0.310. The predicted molar refractivity (Wildman–Crippen MR) is 66.7 cm³/mol. The first kappa shape index (κ1) is 12.8. The van der Waals surface area contributed by atoms with Gasteiger partial charge in [-0.1, -0.05) is 17.7 Å². The normalized spacial score (nSPS) is 20.5. The molecule has 0 spiro atoms. The third kappa shape index (κ3) is 3.95. The molecule has 1 fully saturated rings. The maximum absolute atomic E-state index is 12.8. The monoisotopic (exact) mass is 257 g/mol. The van der Waals surface area contributed by atoms with Gasteiger partial charge in [0.05, 0.1) is 13.2 Å². The maximum Gasteiger partial charge on any atom is 0.124 e. The summed E-state index contributed by atoms with van der Waals surface area (Å²) in [6.45, 7) is 3.33. The molecular weight excluding hydrogens is 241 g/mol. The molecule has 1 saturated heterocycles. The lowest BCUT2D eigenvalue weighted by Crippen LogP contribution is -2.32. The van der Waals surface area contributed by atoms with E-state index in [0.717, 1.165) is 25.3 Å². The molecule has 2 nitrogen and oxygen atoms in total. The highest BCUT2D eigenvalue weighted by Crippen LogP contribution is 2.19. The van der Waals surface area contributed by atoms with Crippen molar-refractivity contribution in [2.24, 2.45) is 5.92 Å². The Bertz CT molecular complexity index is 366. The highest BCUT2D eigenvalue weighted by molar-refractivity contribution is 6.31. The van der Waals surface area contributed by atoms with E-state index in [9.17, 15) is 4.39 Å². The Kier molecular flexibility index (Phi) is 4.77. The fourth-order valence-corrected chi connectivity index (χ4v) is 2.26. The van der Waals surface area contributed by atoms with Gasteiger partial charge in [0.15, 0.2) is 0 Å². The van der Waals surface area contributed by atoms with E-state index in [1.54, 1.807) is 6.07 Å². The summed E-state index contributed by atoms with van der Waals surface area (Å²) in [5, 5.41) is 3.78. The number of hydrogen-bond acceptors (Lipinski definition) is 2. The number of piperidine rings is 1. The zero-order chi connectivity index (χ0) is 12.1. The predicted octanol–water partition coefficient (Wildman–Crippen LogP) is 3.00. The molecule has 4 heteroatoms. The molecule has 0 bridgehead atoms. The average Bonchev–Trinajstić information content (AvgIpc) is 2.33. The van der Waals surface area contributed by atoms with Gasteiger partial charge in [-0.05, 0) is 43.0 Å². The Morgan fingerprint density at radius 2 is 2.35 bits per heavy atom. The lowest BCUT2D eigenvalue weighted by molar-refractivity contribution is 0.0783. The number of halogens is 2. The van der Waals surface area contributed by atoms with E-state index in [2.05, 4.69) is 5.32 Å². The zero-order valence-electron chi connectivity index (χ0n) is 9.72. The van der Waals surface area contributed by atoms with Gasteiger partial charge in [-0.15, -0.1) is 0 Å². The molecule has 1 unspecified atom stereocenters. The van der Waals surface area contributed by atoms with Gasteiger partial charge in [0, 0.05) is 11.6 Å². The molecule has 2 rings (SSSR count). The van der Waals surface area contributed by atoms with Crippen molar-refractivity contribution in [1.29, 1.82) is 0 Å². The van der Waals surface area contributed by atoms with Crippen molar-refractivity contribution in [1.82, 2.24) is 5.32 Å². The number of benzene rings is 1. The molecule has 1 heterocycles. The number of rotatable bonds is 4. The third-order valence-corrected chi connectivity index (χ3v) is 3.38. The summed E-state index contributed by atoms with van der Waals surface area (Å²) in [5.41, 5.74) is 0.844. The van der Waals surface area contributed by atoms with Gasteiger partial charge >= 0.3 is 0 Å². The van der Waals surface area contributed by atoms with Gasteiger partial charge in [0.25, 0.3) is 0 Å². The number of ether oxygens (including phenoxy) is 1. The van der Waals surface area contributed by atoms with Gasteiger partial charge in [-0.3, -0.25) is 0 Å². The first-order valence-corrected chi connectivity index (χ1v) is 6.36. The van der Waals surface area contributed by atoms with Gasteiger partial charge in [-0.2, -0.15) is 0 Å². The quantitative estimate of drug-likeness (QED) is 0.895. The second-order valence-corrected chi connectivity index (χ2v) is 4.87. The van der Waals surface area contributed by atoms with Crippen LogP contribution >= 0.6 is 11.6 Å². The largest absolute Gasteiger partial charge is 0.376 e. The molecule has 0 radical (unpaired) electrons. The summed E-state index contributed by atoms with van der Waals surface area (Å²) in [4.78, 5) is 0. The highest BCUT2D eigenvalue weighted by Gasteiger charge is 2.13. The van der Waals surface area contributed by atoms with Crippen molar-refractivity contribution < 1.29 is 9.13 Å². The van der Waals surface area contributed by atoms with Crippen molar-refractivity contribution in [3.8, 4) is 0 Å². The molecule has 1 atom stereocenters. The van der Waals surface area contributed by atoms with Crippen LogP contribution in [0.3, 0.4) is 0 Å². The molecule has 1 aromatic carbocycles. The zero-order valence-corrected chi connectivity index (χ0v) is 10.5. The van der Waals surface area contributed by atoms with Gasteiger partial charge in [0.1, 0.15) is 5.82 Å². The minimum Gasteiger partial charge on any atom is -0.376 e. The van der Waals surface area contributed by atoms with Crippen molar-refractivity contribution >= 4 is 11.6 Å². The van der Waals surface area contributed by atoms with E-state index in [0.29, 0.717) is 17.5 Å². The Morgan fingerprint density at radius 3 is 3.06 bits per heavy atom. The molecule has 17 heavy (non-hydrogen) atoms. The highest BCUT2D eigenvalue weighted by atomic mass is 35.5. The Morgan fingerprint density at radius 1 is 1.47 bits per heavy atom.